The Bertz CT molecular complexity index is 469. The minimum Gasteiger partial charge on any atom is -0.323 e. The lowest BCUT2D eigenvalue weighted by Gasteiger charge is -1.97. The van der Waals surface area contributed by atoms with Crippen molar-refractivity contribution in [2.75, 3.05) is 0 Å². The molecule has 0 saturated carbocycles. The van der Waals surface area contributed by atoms with Gasteiger partial charge in [-0.1, -0.05) is 0 Å². The van der Waals surface area contributed by atoms with E-state index in [9.17, 15) is 0 Å². The molecule has 80 valence electrons. The van der Waals surface area contributed by atoms with Crippen molar-refractivity contribution in [3.8, 4) is 10.6 Å². The third-order valence-electron chi connectivity index (χ3n) is 2.44. The van der Waals surface area contributed by atoms with E-state index in [0.717, 1.165) is 21.1 Å². The van der Waals surface area contributed by atoms with Crippen LogP contribution in [0.4, 0.5) is 0 Å². The lowest BCUT2D eigenvalue weighted by Crippen LogP contribution is -2.01. The van der Waals surface area contributed by atoms with Gasteiger partial charge in [-0.25, -0.2) is 4.98 Å². The summed E-state index contributed by atoms with van der Waals surface area (Å²) in [6.07, 6.45) is 3.69. The van der Waals surface area contributed by atoms with Gasteiger partial charge in [-0.3, -0.25) is 4.68 Å². The van der Waals surface area contributed by atoms with Crippen molar-refractivity contribution < 1.29 is 0 Å². The van der Waals surface area contributed by atoms with E-state index in [1.165, 1.54) is 0 Å². The zero-order chi connectivity index (χ0) is 11.0. The number of thiazole rings is 1. The molecule has 1 atom stereocenters. The molecule has 0 aliphatic heterocycles. The standard InChI is InChI=1S/C10H14N4S/c1-6(11)9-5-12-10(15-9)8-4-13-14(3)7(8)2/h4-6H,11H2,1-3H3. The fourth-order valence-corrected chi connectivity index (χ4v) is 2.26. The fourth-order valence-electron chi connectivity index (χ4n) is 1.33. The first-order chi connectivity index (χ1) is 7.09. The maximum absolute atomic E-state index is 5.80. The monoisotopic (exact) mass is 222 g/mol. The second-order valence-corrected chi connectivity index (χ2v) is 4.69. The summed E-state index contributed by atoms with van der Waals surface area (Å²) in [6, 6.07) is 0.0493. The van der Waals surface area contributed by atoms with Crippen LogP contribution in [-0.2, 0) is 7.05 Å². The van der Waals surface area contributed by atoms with E-state index in [1.54, 1.807) is 11.3 Å². The summed E-state index contributed by atoms with van der Waals surface area (Å²) in [5, 5.41) is 5.19. The molecule has 2 heterocycles. The SMILES string of the molecule is Cc1c(-c2ncc(C(C)N)s2)cnn1C. The molecule has 2 aromatic rings. The molecule has 0 aliphatic carbocycles. The molecule has 0 amide bonds. The summed E-state index contributed by atoms with van der Waals surface area (Å²) in [5.74, 6) is 0. The van der Waals surface area contributed by atoms with Crippen molar-refractivity contribution in [2.24, 2.45) is 12.8 Å². The van der Waals surface area contributed by atoms with E-state index in [4.69, 9.17) is 5.73 Å². The van der Waals surface area contributed by atoms with Gasteiger partial charge in [-0.2, -0.15) is 5.10 Å². The Kier molecular flexibility index (Phi) is 2.58. The number of nitrogens with zero attached hydrogens (tertiary/aromatic N) is 3. The van der Waals surface area contributed by atoms with E-state index >= 15 is 0 Å². The summed E-state index contributed by atoms with van der Waals surface area (Å²) in [5.41, 5.74) is 8.02. The molecule has 4 nitrogen and oxygen atoms in total. The van der Waals surface area contributed by atoms with Gasteiger partial charge in [-0.15, -0.1) is 11.3 Å². The van der Waals surface area contributed by atoms with Crippen LogP contribution < -0.4 is 5.73 Å². The molecular formula is C10H14N4S. The van der Waals surface area contributed by atoms with Crippen molar-refractivity contribution in [3.05, 3.63) is 23.0 Å². The van der Waals surface area contributed by atoms with Gasteiger partial charge >= 0.3 is 0 Å². The molecule has 0 aliphatic rings. The Balaban J connectivity index is 2.41. The van der Waals surface area contributed by atoms with Gasteiger partial charge in [0.1, 0.15) is 5.01 Å². The lowest BCUT2D eigenvalue weighted by atomic mass is 10.3. The highest BCUT2D eigenvalue weighted by molar-refractivity contribution is 7.15. The Morgan fingerprint density at radius 2 is 2.20 bits per heavy atom. The first kappa shape index (κ1) is 10.3. The summed E-state index contributed by atoms with van der Waals surface area (Å²) >= 11 is 1.63. The number of nitrogens with two attached hydrogens (primary N) is 1. The Hall–Kier alpha value is -1.20. The Labute approximate surface area is 92.8 Å². The van der Waals surface area contributed by atoms with Crippen molar-refractivity contribution >= 4 is 11.3 Å². The molecule has 0 aromatic carbocycles. The molecule has 2 N–H and O–H groups in total. The number of aromatic nitrogens is 3. The first-order valence-electron chi connectivity index (χ1n) is 4.80. The molecule has 2 rings (SSSR count). The lowest BCUT2D eigenvalue weighted by molar-refractivity contribution is 0.740. The average molecular weight is 222 g/mol. The normalized spacial score (nSPS) is 13.1. The van der Waals surface area contributed by atoms with Gasteiger partial charge in [0.2, 0.25) is 0 Å². The Morgan fingerprint density at radius 1 is 1.47 bits per heavy atom. The van der Waals surface area contributed by atoms with Gasteiger partial charge in [0.05, 0.1) is 11.8 Å². The van der Waals surface area contributed by atoms with E-state index < -0.39 is 0 Å². The van der Waals surface area contributed by atoms with Crippen LogP contribution in [0.5, 0.6) is 0 Å². The number of hydrogen-bond donors (Lipinski definition) is 1. The fraction of sp³-hybridized carbons (Fsp3) is 0.400. The minimum atomic E-state index is 0.0493. The van der Waals surface area contributed by atoms with Crippen molar-refractivity contribution in [1.29, 1.82) is 0 Å². The van der Waals surface area contributed by atoms with Gasteiger partial charge in [0.25, 0.3) is 0 Å². The summed E-state index contributed by atoms with van der Waals surface area (Å²) in [4.78, 5) is 5.47. The van der Waals surface area contributed by atoms with E-state index in [1.807, 2.05) is 38.0 Å². The smallest absolute Gasteiger partial charge is 0.127 e. The molecule has 15 heavy (non-hydrogen) atoms. The van der Waals surface area contributed by atoms with Gasteiger partial charge in [0, 0.05) is 29.9 Å². The van der Waals surface area contributed by atoms with Gasteiger partial charge < -0.3 is 5.73 Å². The highest BCUT2D eigenvalue weighted by Crippen LogP contribution is 2.29. The first-order valence-corrected chi connectivity index (χ1v) is 5.61. The average Bonchev–Trinajstić information content (AvgIpc) is 2.76. The van der Waals surface area contributed by atoms with E-state index in [2.05, 4.69) is 10.1 Å². The number of rotatable bonds is 2. The summed E-state index contributed by atoms with van der Waals surface area (Å²) < 4.78 is 1.85. The molecule has 0 saturated heterocycles. The molecule has 0 bridgehead atoms. The quantitative estimate of drug-likeness (QED) is 0.844. The second kappa shape index (κ2) is 3.75. The highest BCUT2D eigenvalue weighted by atomic mass is 32.1. The highest BCUT2D eigenvalue weighted by Gasteiger charge is 2.12. The van der Waals surface area contributed by atoms with Crippen LogP contribution >= 0.6 is 11.3 Å². The zero-order valence-electron chi connectivity index (χ0n) is 9.06. The topological polar surface area (TPSA) is 56.7 Å². The van der Waals surface area contributed by atoms with E-state index in [-0.39, 0.29) is 6.04 Å². The van der Waals surface area contributed by atoms with Crippen molar-refractivity contribution in [2.45, 2.75) is 19.9 Å². The molecular weight excluding hydrogens is 208 g/mol. The third-order valence-corrected chi connectivity index (χ3v) is 3.67. The molecule has 1 unspecified atom stereocenters. The predicted molar refractivity (Wildman–Crippen MR) is 61.7 cm³/mol. The summed E-state index contributed by atoms with van der Waals surface area (Å²) in [7, 11) is 1.93. The molecule has 5 heteroatoms. The van der Waals surface area contributed by atoms with Crippen LogP contribution in [0.1, 0.15) is 23.5 Å². The van der Waals surface area contributed by atoms with Crippen LogP contribution in [0.15, 0.2) is 12.4 Å². The largest absolute Gasteiger partial charge is 0.323 e. The van der Waals surface area contributed by atoms with Gasteiger partial charge in [0.15, 0.2) is 0 Å². The maximum atomic E-state index is 5.80. The summed E-state index contributed by atoms with van der Waals surface area (Å²) in [6.45, 7) is 4.00. The van der Waals surface area contributed by atoms with Crippen LogP contribution in [-0.4, -0.2) is 14.8 Å². The number of aryl methyl sites for hydroxylation is 1. The second-order valence-electron chi connectivity index (χ2n) is 3.62. The zero-order valence-corrected chi connectivity index (χ0v) is 9.88. The van der Waals surface area contributed by atoms with Crippen LogP contribution in [0.3, 0.4) is 0 Å². The molecule has 2 aromatic heterocycles. The minimum absolute atomic E-state index is 0.0493. The van der Waals surface area contributed by atoms with Crippen LogP contribution in [0, 0.1) is 6.92 Å². The van der Waals surface area contributed by atoms with Crippen molar-refractivity contribution in [1.82, 2.24) is 14.8 Å². The molecule has 0 fully saturated rings. The third kappa shape index (κ3) is 1.80. The predicted octanol–water partition coefficient (Wildman–Crippen LogP) is 1.87. The Morgan fingerprint density at radius 3 is 2.67 bits per heavy atom. The van der Waals surface area contributed by atoms with Gasteiger partial charge in [-0.05, 0) is 13.8 Å². The maximum Gasteiger partial charge on any atom is 0.127 e. The van der Waals surface area contributed by atoms with Crippen molar-refractivity contribution in [3.63, 3.8) is 0 Å². The number of hydrogen-bond acceptors (Lipinski definition) is 4. The molecule has 0 radical (unpaired) electrons. The van der Waals surface area contributed by atoms with E-state index in [0.29, 0.717) is 0 Å². The molecule has 0 spiro atoms. The van der Waals surface area contributed by atoms with Crippen LogP contribution in [0.25, 0.3) is 10.6 Å². The van der Waals surface area contributed by atoms with Crippen LogP contribution in [0.2, 0.25) is 0 Å².